The van der Waals surface area contributed by atoms with Crippen LogP contribution in [-0.4, -0.2) is 44.6 Å². The Hall–Kier alpha value is -1.56. The van der Waals surface area contributed by atoms with Gasteiger partial charge in [-0.2, -0.15) is 0 Å². The number of hydrogen-bond acceptors (Lipinski definition) is 4. The van der Waals surface area contributed by atoms with Gasteiger partial charge < -0.3 is 10.0 Å². The summed E-state index contributed by atoms with van der Waals surface area (Å²) in [6, 6.07) is 7.60. The number of anilines is 1. The highest BCUT2D eigenvalue weighted by molar-refractivity contribution is 7.90. The molecule has 1 aromatic carbocycles. The molecule has 1 N–H and O–H groups in total. The van der Waals surface area contributed by atoms with Crippen molar-refractivity contribution >= 4 is 21.5 Å². The Labute approximate surface area is 112 Å². The number of hydrogen-bond donors (Lipinski definition) is 1. The lowest BCUT2D eigenvalue weighted by atomic mass is 9.98. The largest absolute Gasteiger partial charge is 0.481 e. The molecule has 1 unspecified atom stereocenters. The molecule has 1 atom stereocenters. The van der Waals surface area contributed by atoms with E-state index in [9.17, 15) is 13.2 Å². The molecule has 0 spiro atoms. The zero-order valence-electron chi connectivity index (χ0n) is 10.7. The van der Waals surface area contributed by atoms with Gasteiger partial charge in [-0.1, -0.05) is 18.2 Å². The summed E-state index contributed by atoms with van der Waals surface area (Å²) in [7, 11) is -3.01. The van der Waals surface area contributed by atoms with Crippen molar-refractivity contribution in [2.75, 3.05) is 30.0 Å². The number of fused-ring (bicyclic) bond motifs is 1. The zero-order chi connectivity index (χ0) is 14.0. The van der Waals surface area contributed by atoms with Crippen LogP contribution in [0.2, 0.25) is 0 Å². The molecule has 1 aliphatic rings. The van der Waals surface area contributed by atoms with Crippen LogP contribution in [0.1, 0.15) is 17.9 Å². The molecule has 6 heteroatoms. The lowest BCUT2D eigenvalue weighted by Crippen LogP contribution is -2.28. The highest BCUT2D eigenvalue weighted by atomic mass is 32.2. The number of benzene rings is 1. The quantitative estimate of drug-likeness (QED) is 0.876. The molecule has 0 bridgehead atoms. The molecule has 0 amide bonds. The number of nitrogens with zero attached hydrogens (tertiary/aromatic N) is 1. The first-order chi connectivity index (χ1) is 8.87. The van der Waals surface area contributed by atoms with E-state index < -0.39 is 15.8 Å². The van der Waals surface area contributed by atoms with Crippen LogP contribution < -0.4 is 4.90 Å². The van der Waals surface area contributed by atoms with Crippen LogP contribution in [0.5, 0.6) is 0 Å². The molecule has 19 heavy (non-hydrogen) atoms. The third-order valence-corrected chi connectivity index (χ3v) is 4.24. The molecule has 2 rings (SSSR count). The average molecular weight is 283 g/mol. The Balaban J connectivity index is 2.18. The highest BCUT2D eigenvalue weighted by Gasteiger charge is 2.29. The number of aliphatic carboxylic acids is 1. The van der Waals surface area contributed by atoms with Gasteiger partial charge in [0, 0.05) is 31.0 Å². The lowest BCUT2D eigenvalue weighted by molar-refractivity contribution is -0.137. The molecule has 1 aromatic rings. The van der Waals surface area contributed by atoms with E-state index >= 15 is 0 Å². The maximum Gasteiger partial charge on any atom is 0.304 e. The first kappa shape index (κ1) is 13.9. The maximum absolute atomic E-state index is 11.2. The van der Waals surface area contributed by atoms with Crippen molar-refractivity contribution < 1.29 is 18.3 Å². The fourth-order valence-electron chi connectivity index (χ4n) is 2.46. The van der Waals surface area contributed by atoms with E-state index in [1.165, 1.54) is 6.26 Å². The first-order valence-electron chi connectivity index (χ1n) is 6.10. The van der Waals surface area contributed by atoms with E-state index in [0.717, 1.165) is 11.3 Å². The van der Waals surface area contributed by atoms with Crippen LogP contribution in [0.4, 0.5) is 5.69 Å². The van der Waals surface area contributed by atoms with Crippen molar-refractivity contribution in [3.63, 3.8) is 0 Å². The maximum atomic E-state index is 11.2. The van der Waals surface area contributed by atoms with Crippen molar-refractivity contribution in [1.29, 1.82) is 0 Å². The van der Waals surface area contributed by atoms with E-state index in [-0.39, 0.29) is 18.1 Å². The number of carboxylic acid groups (broad SMARTS) is 1. The minimum absolute atomic E-state index is 0.0618. The van der Waals surface area contributed by atoms with Crippen LogP contribution >= 0.6 is 0 Å². The van der Waals surface area contributed by atoms with Gasteiger partial charge in [-0.15, -0.1) is 0 Å². The Morgan fingerprint density at radius 3 is 2.74 bits per heavy atom. The Kier molecular flexibility index (Phi) is 3.80. The first-order valence-corrected chi connectivity index (χ1v) is 8.16. The zero-order valence-corrected chi connectivity index (χ0v) is 11.6. The van der Waals surface area contributed by atoms with Gasteiger partial charge in [0.05, 0.1) is 12.2 Å². The van der Waals surface area contributed by atoms with Crippen LogP contribution in [0.15, 0.2) is 24.3 Å². The second-order valence-corrected chi connectivity index (χ2v) is 7.19. The van der Waals surface area contributed by atoms with Crippen LogP contribution in [0.3, 0.4) is 0 Å². The summed E-state index contributed by atoms with van der Waals surface area (Å²) in [5.74, 6) is -0.806. The van der Waals surface area contributed by atoms with Gasteiger partial charge in [-0.3, -0.25) is 4.79 Å². The van der Waals surface area contributed by atoms with Gasteiger partial charge in [0.25, 0.3) is 0 Å². The standard InChI is InChI=1S/C13H17NO4S/c1-19(17,18)7-6-14-9-10(8-13(15)16)11-4-2-3-5-12(11)14/h2-5,10H,6-9H2,1H3,(H,15,16). The Bertz CT molecular complexity index is 582. The number of carboxylic acids is 1. The molecule has 0 aromatic heterocycles. The SMILES string of the molecule is CS(=O)(=O)CCN1CC(CC(=O)O)c2ccccc21. The van der Waals surface area contributed by atoms with Gasteiger partial charge >= 0.3 is 5.97 Å². The molecule has 0 radical (unpaired) electrons. The van der Waals surface area contributed by atoms with Crippen molar-refractivity contribution in [3.8, 4) is 0 Å². The molecule has 104 valence electrons. The summed E-state index contributed by atoms with van der Waals surface area (Å²) in [4.78, 5) is 12.8. The highest BCUT2D eigenvalue weighted by Crippen LogP contribution is 2.37. The summed E-state index contributed by atoms with van der Waals surface area (Å²) in [6.07, 6.45) is 1.29. The van der Waals surface area contributed by atoms with Crippen molar-refractivity contribution in [2.45, 2.75) is 12.3 Å². The van der Waals surface area contributed by atoms with E-state index in [1.807, 2.05) is 29.2 Å². The van der Waals surface area contributed by atoms with E-state index in [1.54, 1.807) is 0 Å². The topological polar surface area (TPSA) is 74.7 Å². The van der Waals surface area contributed by atoms with Crippen LogP contribution in [0.25, 0.3) is 0 Å². The minimum atomic E-state index is -3.01. The van der Waals surface area contributed by atoms with Gasteiger partial charge in [-0.05, 0) is 11.6 Å². The monoisotopic (exact) mass is 283 g/mol. The molecular formula is C13H17NO4S. The summed E-state index contributed by atoms with van der Waals surface area (Å²) < 4.78 is 22.5. The summed E-state index contributed by atoms with van der Waals surface area (Å²) in [6.45, 7) is 0.979. The second kappa shape index (κ2) is 5.21. The fraction of sp³-hybridized carbons (Fsp3) is 0.462. The minimum Gasteiger partial charge on any atom is -0.481 e. The Morgan fingerprint density at radius 1 is 1.42 bits per heavy atom. The number of carbonyl (C=O) groups is 1. The molecule has 0 fully saturated rings. The van der Waals surface area contributed by atoms with Gasteiger partial charge in [0.1, 0.15) is 9.84 Å². The summed E-state index contributed by atoms with van der Waals surface area (Å²) in [5, 5.41) is 8.93. The third-order valence-electron chi connectivity index (χ3n) is 3.31. The third kappa shape index (κ3) is 3.47. The van der Waals surface area contributed by atoms with Crippen LogP contribution in [-0.2, 0) is 14.6 Å². The predicted octanol–water partition coefficient (Wildman–Crippen LogP) is 1.11. The molecule has 0 aliphatic carbocycles. The molecule has 0 saturated heterocycles. The number of rotatable bonds is 5. The normalized spacial score (nSPS) is 18.4. The summed E-state index contributed by atoms with van der Waals surface area (Å²) >= 11 is 0. The Morgan fingerprint density at radius 2 is 2.11 bits per heavy atom. The van der Waals surface area contributed by atoms with Crippen molar-refractivity contribution in [2.24, 2.45) is 0 Å². The lowest BCUT2D eigenvalue weighted by Gasteiger charge is -2.19. The summed E-state index contributed by atoms with van der Waals surface area (Å²) in [5.41, 5.74) is 1.95. The van der Waals surface area contributed by atoms with Gasteiger partial charge in [-0.25, -0.2) is 8.42 Å². The second-order valence-electron chi connectivity index (χ2n) is 4.93. The van der Waals surface area contributed by atoms with E-state index in [2.05, 4.69) is 0 Å². The molecule has 1 aliphatic heterocycles. The molecule has 5 nitrogen and oxygen atoms in total. The number of para-hydroxylation sites is 1. The molecule has 1 heterocycles. The van der Waals surface area contributed by atoms with E-state index in [0.29, 0.717) is 13.1 Å². The number of sulfone groups is 1. The van der Waals surface area contributed by atoms with Gasteiger partial charge in [0.15, 0.2) is 0 Å². The van der Waals surface area contributed by atoms with Crippen molar-refractivity contribution in [3.05, 3.63) is 29.8 Å². The average Bonchev–Trinajstić information content (AvgIpc) is 2.64. The van der Waals surface area contributed by atoms with E-state index in [4.69, 9.17) is 5.11 Å². The fourth-order valence-corrected chi connectivity index (χ4v) is 3.01. The predicted molar refractivity (Wildman–Crippen MR) is 73.4 cm³/mol. The smallest absolute Gasteiger partial charge is 0.304 e. The molecule has 0 saturated carbocycles. The van der Waals surface area contributed by atoms with Crippen molar-refractivity contribution in [1.82, 2.24) is 0 Å². The van der Waals surface area contributed by atoms with Gasteiger partial charge in [0.2, 0.25) is 0 Å². The molecular weight excluding hydrogens is 266 g/mol. The van der Waals surface area contributed by atoms with Crippen LogP contribution in [0, 0.1) is 0 Å².